The fourth-order valence-corrected chi connectivity index (χ4v) is 2.32. The molecule has 0 amide bonds. The van der Waals surface area contributed by atoms with E-state index in [2.05, 4.69) is 14.5 Å². The third kappa shape index (κ3) is 2.93. The molecule has 2 heterocycles. The molecule has 2 aromatic heterocycles. The minimum absolute atomic E-state index is 0.734. The molecular formula is C17H17N3O2. The van der Waals surface area contributed by atoms with E-state index in [1.165, 1.54) is 5.56 Å². The van der Waals surface area contributed by atoms with Crippen LogP contribution in [-0.2, 0) is 6.54 Å². The van der Waals surface area contributed by atoms with Gasteiger partial charge in [0.2, 0.25) is 0 Å². The molecule has 5 nitrogen and oxygen atoms in total. The van der Waals surface area contributed by atoms with Gasteiger partial charge in [-0.15, -0.1) is 0 Å². The average Bonchev–Trinajstić information content (AvgIpc) is 3.03. The van der Waals surface area contributed by atoms with Crippen LogP contribution in [0.4, 0.5) is 0 Å². The van der Waals surface area contributed by atoms with Crippen LogP contribution < -0.4 is 9.47 Å². The molecule has 0 spiro atoms. The molecule has 0 atom stereocenters. The first kappa shape index (κ1) is 14.1. The quantitative estimate of drug-likeness (QED) is 0.726. The lowest BCUT2D eigenvalue weighted by Gasteiger charge is -2.11. The summed E-state index contributed by atoms with van der Waals surface area (Å²) in [5.41, 5.74) is 2.12. The average molecular weight is 295 g/mol. The summed E-state index contributed by atoms with van der Waals surface area (Å²) < 4.78 is 12.7. The summed E-state index contributed by atoms with van der Waals surface area (Å²) in [5, 5.41) is 0. The lowest BCUT2D eigenvalue weighted by Crippen LogP contribution is -2.01. The highest BCUT2D eigenvalue weighted by molar-refractivity contribution is 5.61. The largest absolute Gasteiger partial charge is 0.497 e. The van der Waals surface area contributed by atoms with Gasteiger partial charge in [-0.2, -0.15) is 0 Å². The lowest BCUT2D eigenvalue weighted by atomic mass is 10.1. The Morgan fingerprint density at radius 3 is 2.27 bits per heavy atom. The molecule has 0 N–H and O–H groups in total. The number of methoxy groups -OCH3 is 2. The van der Waals surface area contributed by atoms with E-state index in [4.69, 9.17) is 9.47 Å². The zero-order chi connectivity index (χ0) is 15.4. The first-order valence-corrected chi connectivity index (χ1v) is 6.93. The number of aromatic nitrogens is 3. The highest BCUT2D eigenvalue weighted by atomic mass is 16.5. The third-order valence-corrected chi connectivity index (χ3v) is 3.43. The second kappa shape index (κ2) is 6.30. The summed E-state index contributed by atoms with van der Waals surface area (Å²) in [4.78, 5) is 8.51. The molecule has 0 aliphatic rings. The van der Waals surface area contributed by atoms with Crippen molar-refractivity contribution in [3.63, 3.8) is 0 Å². The van der Waals surface area contributed by atoms with E-state index in [0.29, 0.717) is 0 Å². The van der Waals surface area contributed by atoms with E-state index in [1.807, 2.05) is 36.5 Å². The predicted octanol–water partition coefficient (Wildman–Crippen LogP) is 3.01. The van der Waals surface area contributed by atoms with Gasteiger partial charge in [0.15, 0.2) is 0 Å². The van der Waals surface area contributed by atoms with E-state index >= 15 is 0 Å². The standard InChI is InChI=1S/C17H17N3O2/c1-21-15-9-14(10-16(11-15)22-2)17-19-7-8-20(17)12-13-3-5-18-6-4-13/h3-11H,12H2,1-2H3. The summed E-state index contributed by atoms with van der Waals surface area (Å²) >= 11 is 0. The van der Waals surface area contributed by atoms with Crippen LogP contribution in [0, 0.1) is 0 Å². The molecule has 3 rings (SSSR count). The molecule has 3 aromatic rings. The SMILES string of the molecule is COc1cc(OC)cc(-c2nccn2Cc2ccncc2)c1. The molecule has 112 valence electrons. The Morgan fingerprint density at radius 2 is 1.64 bits per heavy atom. The smallest absolute Gasteiger partial charge is 0.140 e. The van der Waals surface area contributed by atoms with Crippen LogP contribution >= 0.6 is 0 Å². The maximum atomic E-state index is 5.33. The number of benzene rings is 1. The van der Waals surface area contributed by atoms with Crippen molar-refractivity contribution in [2.45, 2.75) is 6.54 Å². The van der Waals surface area contributed by atoms with Crippen molar-refractivity contribution in [1.82, 2.24) is 14.5 Å². The summed E-state index contributed by atoms with van der Waals surface area (Å²) in [6.07, 6.45) is 7.34. The van der Waals surface area contributed by atoms with Crippen LogP contribution in [0.5, 0.6) is 11.5 Å². The Balaban J connectivity index is 1.98. The monoisotopic (exact) mass is 295 g/mol. The van der Waals surface area contributed by atoms with E-state index in [0.717, 1.165) is 29.4 Å². The zero-order valence-corrected chi connectivity index (χ0v) is 12.6. The topological polar surface area (TPSA) is 49.2 Å². The summed E-state index contributed by atoms with van der Waals surface area (Å²) in [6.45, 7) is 0.734. The van der Waals surface area contributed by atoms with Gasteiger partial charge >= 0.3 is 0 Å². The van der Waals surface area contributed by atoms with Gasteiger partial charge in [-0.1, -0.05) is 0 Å². The predicted molar refractivity (Wildman–Crippen MR) is 84.1 cm³/mol. The van der Waals surface area contributed by atoms with Crippen molar-refractivity contribution in [3.8, 4) is 22.9 Å². The normalized spacial score (nSPS) is 10.5. The molecule has 0 radical (unpaired) electrons. The molecular weight excluding hydrogens is 278 g/mol. The maximum Gasteiger partial charge on any atom is 0.140 e. The lowest BCUT2D eigenvalue weighted by molar-refractivity contribution is 0.394. The van der Waals surface area contributed by atoms with Gasteiger partial charge < -0.3 is 14.0 Å². The highest BCUT2D eigenvalue weighted by Crippen LogP contribution is 2.29. The van der Waals surface area contributed by atoms with Crippen LogP contribution in [0.3, 0.4) is 0 Å². The van der Waals surface area contributed by atoms with E-state index in [9.17, 15) is 0 Å². The molecule has 5 heteroatoms. The number of nitrogens with zero attached hydrogens (tertiary/aromatic N) is 3. The van der Waals surface area contributed by atoms with Gasteiger partial charge in [-0.05, 0) is 29.8 Å². The summed E-state index contributed by atoms with van der Waals surface area (Å²) in [6, 6.07) is 9.74. The third-order valence-electron chi connectivity index (χ3n) is 3.43. The van der Waals surface area contributed by atoms with Crippen molar-refractivity contribution < 1.29 is 9.47 Å². The van der Waals surface area contributed by atoms with Crippen molar-refractivity contribution in [3.05, 3.63) is 60.7 Å². The Morgan fingerprint density at radius 1 is 0.955 bits per heavy atom. The fourth-order valence-electron chi connectivity index (χ4n) is 2.32. The van der Waals surface area contributed by atoms with Crippen LogP contribution in [0.1, 0.15) is 5.56 Å². The van der Waals surface area contributed by atoms with Gasteiger partial charge in [-0.25, -0.2) is 4.98 Å². The van der Waals surface area contributed by atoms with Gasteiger partial charge in [0.05, 0.1) is 14.2 Å². The molecule has 0 aliphatic heterocycles. The number of hydrogen-bond donors (Lipinski definition) is 0. The van der Waals surface area contributed by atoms with E-state index in [1.54, 1.807) is 32.8 Å². The van der Waals surface area contributed by atoms with Gasteiger partial charge in [0.1, 0.15) is 17.3 Å². The van der Waals surface area contributed by atoms with E-state index < -0.39 is 0 Å². The number of rotatable bonds is 5. The second-order valence-corrected chi connectivity index (χ2v) is 4.84. The van der Waals surface area contributed by atoms with Gasteiger partial charge in [0.25, 0.3) is 0 Å². The zero-order valence-electron chi connectivity index (χ0n) is 12.6. The summed E-state index contributed by atoms with van der Waals surface area (Å²) in [5.74, 6) is 2.36. The van der Waals surface area contributed by atoms with Crippen molar-refractivity contribution >= 4 is 0 Å². The Hall–Kier alpha value is -2.82. The van der Waals surface area contributed by atoms with Crippen molar-refractivity contribution in [2.24, 2.45) is 0 Å². The fraction of sp³-hybridized carbons (Fsp3) is 0.176. The molecule has 0 saturated carbocycles. The van der Waals surface area contributed by atoms with Crippen molar-refractivity contribution in [1.29, 1.82) is 0 Å². The molecule has 0 fully saturated rings. The highest BCUT2D eigenvalue weighted by Gasteiger charge is 2.10. The van der Waals surface area contributed by atoms with Crippen LogP contribution in [0.2, 0.25) is 0 Å². The van der Waals surface area contributed by atoms with Gasteiger partial charge in [-0.3, -0.25) is 4.98 Å². The second-order valence-electron chi connectivity index (χ2n) is 4.84. The van der Waals surface area contributed by atoms with Gasteiger partial charge in [0, 0.05) is 43.0 Å². The minimum atomic E-state index is 0.734. The first-order chi connectivity index (χ1) is 10.8. The number of hydrogen-bond acceptors (Lipinski definition) is 4. The molecule has 0 saturated heterocycles. The van der Waals surface area contributed by atoms with Crippen molar-refractivity contribution in [2.75, 3.05) is 14.2 Å². The molecule has 0 unspecified atom stereocenters. The first-order valence-electron chi connectivity index (χ1n) is 6.93. The summed E-state index contributed by atoms with van der Waals surface area (Å²) in [7, 11) is 3.28. The van der Waals surface area contributed by atoms with Crippen LogP contribution in [-0.4, -0.2) is 28.8 Å². The molecule has 1 aromatic carbocycles. The molecule has 0 bridgehead atoms. The Labute approximate surface area is 129 Å². The Bertz CT molecular complexity index is 731. The molecule has 22 heavy (non-hydrogen) atoms. The van der Waals surface area contributed by atoms with Crippen LogP contribution in [0.15, 0.2) is 55.1 Å². The Kier molecular flexibility index (Phi) is 4.05. The maximum absolute atomic E-state index is 5.33. The number of pyridine rings is 1. The van der Waals surface area contributed by atoms with Crippen LogP contribution in [0.25, 0.3) is 11.4 Å². The van der Waals surface area contributed by atoms with E-state index in [-0.39, 0.29) is 0 Å². The number of imidazole rings is 1. The molecule has 0 aliphatic carbocycles. The number of ether oxygens (including phenoxy) is 2. The minimum Gasteiger partial charge on any atom is -0.497 e.